The number of hydrogen-bond acceptors (Lipinski definition) is 4. The van der Waals surface area contributed by atoms with E-state index in [0.29, 0.717) is 40.2 Å². The van der Waals surface area contributed by atoms with Crippen LogP contribution in [0, 0.1) is 20.8 Å². The zero-order chi connectivity index (χ0) is 19.9. The van der Waals surface area contributed by atoms with Gasteiger partial charge in [0.1, 0.15) is 17.3 Å². The monoisotopic (exact) mass is 378 g/mol. The average Bonchev–Trinajstić information content (AvgIpc) is 2.99. The number of rotatable bonds is 3. The predicted octanol–water partition coefficient (Wildman–Crippen LogP) is 4.19. The third kappa shape index (κ3) is 3.89. The van der Waals surface area contributed by atoms with Crippen molar-refractivity contribution < 1.29 is 27.8 Å². The molecule has 0 saturated heterocycles. The Morgan fingerprint density at radius 1 is 1.22 bits per heavy atom. The van der Waals surface area contributed by atoms with Gasteiger partial charge in [0.15, 0.2) is 0 Å². The van der Waals surface area contributed by atoms with Gasteiger partial charge in [-0.1, -0.05) is 6.07 Å². The second kappa shape index (κ2) is 6.61. The van der Waals surface area contributed by atoms with Gasteiger partial charge in [-0.2, -0.15) is 0 Å². The number of anilines is 1. The number of ether oxygens (including phenoxy) is 1. The Kier molecular flexibility index (Phi) is 4.59. The fourth-order valence-electron chi connectivity index (χ4n) is 2.90. The lowest BCUT2D eigenvalue weighted by atomic mass is 10.1. The number of hydrogen-bond donors (Lipinski definition) is 2. The van der Waals surface area contributed by atoms with Crippen molar-refractivity contribution in [1.82, 2.24) is 4.98 Å². The maximum absolute atomic E-state index is 12.6. The van der Waals surface area contributed by atoms with Gasteiger partial charge in [-0.05, 0) is 61.2 Å². The van der Waals surface area contributed by atoms with E-state index in [1.807, 2.05) is 0 Å². The minimum Gasteiger partial charge on any atom is -0.506 e. The number of halogens is 3. The summed E-state index contributed by atoms with van der Waals surface area (Å²) in [6, 6.07) is 3.98. The molecule has 0 spiro atoms. The molecule has 142 valence electrons. The Hall–Kier alpha value is -3.03. The zero-order valence-corrected chi connectivity index (χ0v) is 14.9. The molecule has 1 amide bonds. The minimum absolute atomic E-state index is 0.0789. The van der Waals surface area contributed by atoms with Crippen molar-refractivity contribution in [1.29, 1.82) is 0 Å². The molecule has 2 aromatic rings. The van der Waals surface area contributed by atoms with Crippen LogP contribution >= 0.6 is 0 Å². The van der Waals surface area contributed by atoms with Crippen LogP contribution < -0.4 is 10.1 Å². The lowest BCUT2D eigenvalue weighted by molar-refractivity contribution is -0.274. The molecule has 1 aromatic carbocycles. The molecule has 1 heterocycles. The van der Waals surface area contributed by atoms with Gasteiger partial charge in [0.05, 0.1) is 5.69 Å². The number of nitrogens with one attached hydrogen (secondary N) is 1. The number of aromatic nitrogens is 1. The van der Waals surface area contributed by atoms with Crippen molar-refractivity contribution in [3.05, 3.63) is 51.7 Å². The van der Waals surface area contributed by atoms with Crippen LogP contribution in [0.1, 0.15) is 27.9 Å². The van der Waals surface area contributed by atoms with Crippen molar-refractivity contribution >= 4 is 17.8 Å². The van der Waals surface area contributed by atoms with Gasteiger partial charge in [0.2, 0.25) is 0 Å². The molecule has 1 aliphatic rings. The Balaban J connectivity index is 1.81. The standard InChI is InChI=1S/C19H17F3N2O3/c1-9-10(2)17(23-11(3)16(9)25)24-18(26)14-6-12-4-5-15(8-13(12)7-14)27-19(20,21)22/h4-5,7-8,25H,6H2,1-3H3,(H,23,24,26). The van der Waals surface area contributed by atoms with E-state index in [1.54, 1.807) is 20.8 Å². The van der Waals surface area contributed by atoms with E-state index >= 15 is 0 Å². The first kappa shape index (κ1) is 18.8. The summed E-state index contributed by atoms with van der Waals surface area (Å²) >= 11 is 0. The van der Waals surface area contributed by atoms with Crippen molar-refractivity contribution in [2.45, 2.75) is 33.6 Å². The Bertz CT molecular complexity index is 966. The molecule has 0 saturated carbocycles. The van der Waals surface area contributed by atoms with E-state index in [0.717, 1.165) is 5.56 Å². The average molecular weight is 378 g/mol. The van der Waals surface area contributed by atoms with Gasteiger partial charge in [-0.15, -0.1) is 13.2 Å². The normalized spacial score (nSPS) is 13.2. The van der Waals surface area contributed by atoms with Gasteiger partial charge in [-0.25, -0.2) is 4.98 Å². The number of aromatic hydroxyl groups is 1. The van der Waals surface area contributed by atoms with Gasteiger partial charge in [-0.3, -0.25) is 4.79 Å². The number of fused-ring (bicyclic) bond motifs is 1. The van der Waals surface area contributed by atoms with Crippen molar-refractivity contribution in [3.8, 4) is 11.5 Å². The molecule has 0 fully saturated rings. The van der Waals surface area contributed by atoms with E-state index in [1.165, 1.54) is 24.3 Å². The smallest absolute Gasteiger partial charge is 0.506 e. The Morgan fingerprint density at radius 3 is 2.59 bits per heavy atom. The second-order valence-electron chi connectivity index (χ2n) is 6.35. The summed E-state index contributed by atoms with van der Waals surface area (Å²) < 4.78 is 40.9. The molecule has 27 heavy (non-hydrogen) atoms. The van der Waals surface area contributed by atoms with Crippen LogP contribution in [-0.2, 0) is 11.2 Å². The molecule has 1 aliphatic carbocycles. The zero-order valence-electron chi connectivity index (χ0n) is 14.9. The maximum Gasteiger partial charge on any atom is 0.573 e. The summed E-state index contributed by atoms with van der Waals surface area (Å²) in [5.41, 5.74) is 3.30. The quantitative estimate of drug-likeness (QED) is 0.840. The fraction of sp³-hybridized carbons (Fsp3) is 0.263. The third-order valence-corrected chi connectivity index (χ3v) is 4.48. The third-order valence-electron chi connectivity index (χ3n) is 4.48. The summed E-state index contributed by atoms with van der Waals surface area (Å²) in [7, 11) is 0. The molecule has 3 rings (SSSR count). The largest absolute Gasteiger partial charge is 0.573 e. The summed E-state index contributed by atoms with van der Waals surface area (Å²) in [5.74, 6) is -0.313. The highest BCUT2D eigenvalue weighted by molar-refractivity contribution is 6.08. The first-order chi connectivity index (χ1) is 12.5. The Morgan fingerprint density at radius 2 is 1.93 bits per heavy atom. The first-order valence-corrected chi connectivity index (χ1v) is 8.12. The van der Waals surface area contributed by atoms with E-state index in [-0.39, 0.29) is 11.5 Å². The van der Waals surface area contributed by atoms with Gasteiger partial charge in [0, 0.05) is 12.0 Å². The molecule has 0 aliphatic heterocycles. The van der Waals surface area contributed by atoms with Crippen LogP contribution in [0.5, 0.6) is 11.5 Å². The number of amides is 1. The lowest BCUT2D eigenvalue weighted by Crippen LogP contribution is -2.17. The van der Waals surface area contributed by atoms with Crippen LogP contribution in [0.3, 0.4) is 0 Å². The van der Waals surface area contributed by atoms with Crippen LogP contribution in [0.25, 0.3) is 6.08 Å². The molecule has 0 radical (unpaired) electrons. The van der Waals surface area contributed by atoms with Crippen molar-refractivity contribution in [2.24, 2.45) is 0 Å². The summed E-state index contributed by atoms with van der Waals surface area (Å²) in [6.07, 6.45) is -2.94. The van der Waals surface area contributed by atoms with E-state index < -0.39 is 12.3 Å². The van der Waals surface area contributed by atoms with Crippen LogP contribution in [0.4, 0.5) is 19.0 Å². The van der Waals surface area contributed by atoms with E-state index in [2.05, 4.69) is 15.0 Å². The van der Waals surface area contributed by atoms with Crippen molar-refractivity contribution in [3.63, 3.8) is 0 Å². The summed E-state index contributed by atoms with van der Waals surface area (Å²) in [5, 5.41) is 12.6. The van der Waals surface area contributed by atoms with Crippen LogP contribution in [0.2, 0.25) is 0 Å². The summed E-state index contributed by atoms with van der Waals surface area (Å²) in [6.45, 7) is 5.09. The predicted molar refractivity (Wildman–Crippen MR) is 93.5 cm³/mol. The second-order valence-corrected chi connectivity index (χ2v) is 6.35. The topological polar surface area (TPSA) is 71.5 Å². The highest BCUT2D eigenvalue weighted by Gasteiger charge is 2.31. The van der Waals surface area contributed by atoms with Gasteiger partial charge >= 0.3 is 6.36 Å². The Labute approximate surface area is 153 Å². The number of carbonyl (C=O) groups excluding carboxylic acids is 1. The van der Waals surface area contributed by atoms with Gasteiger partial charge < -0.3 is 15.2 Å². The minimum atomic E-state index is -4.77. The summed E-state index contributed by atoms with van der Waals surface area (Å²) in [4.78, 5) is 16.8. The van der Waals surface area contributed by atoms with Crippen LogP contribution in [-0.4, -0.2) is 22.4 Å². The number of pyridine rings is 1. The number of alkyl halides is 3. The number of aryl methyl sites for hydroxylation is 1. The molecule has 0 bridgehead atoms. The molecule has 0 atom stereocenters. The number of benzene rings is 1. The van der Waals surface area contributed by atoms with Crippen LogP contribution in [0.15, 0.2) is 23.8 Å². The molecular formula is C19H17F3N2O3. The molecular weight excluding hydrogens is 361 g/mol. The fourth-order valence-corrected chi connectivity index (χ4v) is 2.90. The molecule has 0 unspecified atom stereocenters. The van der Waals surface area contributed by atoms with E-state index in [9.17, 15) is 23.1 Å². The van der Waals surface area contributed by atoms with Crippen molar-refractivity contribution in [2.75, 3.05) is 5.32 Å². The number of carbonyl (C=O) groups is 1. The highest BCUT2D eigenvalue weighted by atomic mass is 19.4. The highest BCUT2D eigenvalue weighted by Crippen LogP contribution is 2.32. The first-order valence-electron chi connectivity index (χ1n) is 8.12. The number of nitrogens with zero attached hydrogens (tertiary/aromatic N) is 1. The maximum atomic E-state index is 12.6. The lowest BCUT2D eigenvalue weighted by Gasteiger charge is -2.13. The van der Waals surface area contributed by atoms with Gasteiger partial charge in [0.25, 0.3) is 5.91 Å². The SMILES string of the molecule is Cc1nc(NC(=O)C2=Cc3cc(OC(F)(F)F)ccc3C2)c(C)c(C)c1O. The van der Waals surface area contributed by atoms with E-state index in [4.69, 9.17) is 0 Å². The molecule has 2 N–H and O–H groups in total. The molecule has 8 heteroatoms. The molecule has 1 aromatic heterocycles. The molecule has 5 nitrogen and oxygen atoms in total.